The molecule has 0 spiro atoms. The number of carbonyl (C=O) groups excluding carboxylic acids is 1. The molecular weight excluding hydrogens is 248 g/mol. The third kappa shape index (κ3) is 3.83. The number of hydrogen-bond acceptors (Lipinski definition) is 2. The molecule has 3 N–H and O–H groups in total. The molecule has 1 aliphatic carbocycles. The van der Waals surface area contributed by atoms with Gasteiger partial charge in [0.15, 0.2) is 0 Å². The summed E-state index contributed by atoms with van der Waals surface area (Å²) < 4.78 is 0. The van der Waals surface area contributed by atoms with E-state index in [4.69, 9.17) is 5.73 Å². The number of carbonyl (C=O) groups is 1. The van der Waals surface area contributed by atoms with Gasteiger partial charge in [-0.1, -0.05) is 37.1 Å². The molecule has 0 heterocycles. The summed E-state index contributed by atoms with van der Waals surface area (Å²) in [6.45, 7) is 3.52. The highest BCUT2D eigenvalue weighted by Crippen LogP contribution is 2.36. The fourth-order valence-corrected chi connectivity index (χ4v) is 3.09. The van der Waals surface area contributed by atoms with E-state index in [1.807, 2.05) is 12.1 Å². The van der Waals surface area contributed by atoms with Gasteiger partial charge in [-0.3, -0.25) is 4.79 Å². The van der Waals surface area contributed by atoms with Gasteiger partial charge < -0.3 is 11.1 Å². The molecule has 0 aromatic heterocycles. The molecule has 0 bridgehead atoms. The van der Waals surface area contributed by atoms with Crippen molar-refractivity contribution in [3.8, 4) is 0 Å². The fraction of sp³-hybridized carbons (Fsp3) is 0.588. The maximum atomic E-state index is 12.0. The van der Waals surface area contributed by atoms with Crippen LogP contribution in [0.4, 0.5) is 0 Å². The molecule has 3 heteroatoms. The van der Waals surface area contributed by atoms with Crippen LogP contribution in [0.15, 0.2) is 24.3 Å². The minimum absolute atomic E-state index is 0.146. The lowest BCUT2D eigenvalue weighted by molar-refractivity contribution is -0.121. The zero-order valence-corrected chi connectivity index (χ0v) is 12.5. The van der Waals surface area contributed by atoms with Gasteiger partial charge in [0.2, 0.25) is 5.91 Å². The Hall–Kier alpha value is -1.35. The van der Waals surface area contributed by atoms with Gasteiger partial charge in [-0.25, -0.2) is 0 Å². The first-order valence-electron chi connectivity index (χ1n) is 7.66. The summed E-state index contributed by atoms with van der Waals surface area (Å²) in [4.78, 5) is 12.0. The van der Waals surface area contributed by atoms with Crippen molar-refractivity contribution < 1.29 is 4.79 Å². The topological polar surface area (TPSA) is 55.1 Å². The maximum absolute atomic E-state index is 12.0. The van der Waals surface area contributed by atoms with Gasteiger partial charge in [0.05, 0.1) is 0 Å². The van der Waals surface area contributed by atoms with E-state index in [-0.39, 0.29) is 11.3 Å². The molecule has 0 radical (unpaired) electrons. The predicted octanol–water partition coefficient (Wildman–Crippen LogP) is 2.56. The molecule has 1 aromatic rings. The number of aryl methyl sites for hydroxylation is 2. The Balaban J connectivity index is 1.77. The van der Waals surface area contributed by atoms with Crippen LogP contribution < -0.4 is 11.1 Å². The molecule has 1 aliphatic rings. The minimum atomic E-state index is 0.146. The Morgan fingerprint density at radius 1 is 1.30 bits per heavy atom. The second-order valence-electron chi connectivity index (χ2n) is 6.11. The second kappa shape index (κ2) is 6.89. The highest BCUT2D eigenvalue weighted by Gasteiger charge is 2.32. The number of nitrogens with two attached hydrogens (primary N) is 1. The van der Waals surface area contributed by atoms with Gasteiger partial charge in [-0.15, -0.1) is 0 Å². The Morgan fingerprint density at radius 2 is 2.00 bits per heavy atom. The average Bonchev–Trinajstić information content (AvgIpc) is 2.94. The zero-order valence-electron chi connectivity index (χ0n) is 12.5. The molecule has 2 rings (SSSR count). The normalized spacial score (nSPS) is 17.1. The molecular formula is C17H26N2O. The monoisotopic (exact) mass is 274 g/mol. The van der Waals surface area contributed by atoms with Crippen LogP contribution in [0.2, 0.25) is 0 Å². The van der Waals surface area contributed by atoms with E-state index in [0.29, 0.717) is 13.0 Å². The van der Waals surface area contributed by atoms with Gasteiger partial charge in [-0.2, -0.15) is 0 Å². The van der Waals surface area contributed by atoms with Crippen LogP contribution in [-0.4, -0.2) is 19.0 Å². The van der Waals surface area contributed by atoms with E-state index in [2.05, 4.69) is 24.4 Å². The lowest BCUT2D eigenvalue weighted by atomic mass is 9.86. The zero-order chi connectivity index (χ0) is 14.4. The van der Waals surface area contributed by atoms with Gasteiger partial charge in [0.1, 0.15) is 0 Å². The summed E-state index contributed by atoms with van der Waals surface area (Å²) in [5, 5.41) is 3.09. The first-order chi connectivity index (χ1) is 9.65. The van der Waals surface area contributed by atoms with Crippen molar-refractivity contribution in [1.82, 2.24) is 5.32 Å². The summed E-state index contributed by atoms with van der Waals surface area (Å²) in [5.74, 6) is 0.146. The fourth-order valence-electron chi connectivity index (χ4n) is 3.09. The molecule has 3 nitrogen and oxygen atoms in total. The highest BCUT2D eigenvalue weighted by atomic mass is 16.1. The predicted molar refractivity (Wildman–Crippen MR) is 82.5 cm³/mol. The summed E-state index contributed by atoms with van der Waals surface area (Å²) in [6.07, 6.45) is 6.18. The smallest absolute Gasteiger partial charge is 0.220 e. The van der Waals surface area contributed by atoms with Crippen LogP contribution in [0.5, 0.6) is 0 Å². The SMILES string of the molecule is Cc1ccccc1CCC(=O)NCC1(CN)CCCC1. The molecule has 1 saturated carbocycles. The molecule has 0 aliphatic heterocycles. The molecule has 20 heavy (non-hydrogen) atoms. The largest absolute Gasteiger partial charge is 0.355 e. The third-order valence-electron chi connectivity index (χ3n) is 4.64. The Labute approximate surface area is 121 Å². The lowest BCUT2D eigenvalue weighted by Gasteiger charge is -2.27. The minimum Gasteiger partial charge on any atom is -0.355 e. The molecule has 0 saturated heterocycles. The van der Waals surface area contributed by atoms with Gasteiger partial charge in [-0.05, 0) is 49.3 Å². The number of nitrogens with one attached hydrogen (secondary N) is 1. The van der Waals surface area contributed by atoms with E-state index in [1.165, 1.54) is 24.0 Å². The Morgan fingerprint density at radius 3 is 2.65 bits per heavy atom. The van der Waals surface area contributed by atoms with Gasteiger partial charge >= 0.3 is 0 Å². The molecule has 1 fully saturated rings. The van der Waals surface area contributed by atoms with Crippen LogP contribution >= 0.6 is 0 Å². The molecule has 110 valence electrons. The van der Waals surface area contributed by atoms with Crippen molar-refractivity contribution in [2.24, 2.45) is 11.1 Å². The third-order valence-corrected chi connectivity index (χ3v) is 4.64. The van der Waals surface area contributed by atoms with Crippen molar-refractivity contribution in [3.63, 3.8) is 0 Å². The summed E-state index contributed by atoms with van der Waals surface area (Å²) in [6, 6.07) is 8.25. The number of hydrogen-bond donors (Lipinski definition) is 2. The van der Waals surface area contributed by atoms with E-state index in [1.54, 1.807) is 0 Å². The number of rotatable bonds is 6. The van der Waals surface area contributed by atoms with E-state index in [9.17, 15) is 4.79 Å². The number of benzene rings is 1. The summed E-state index contributed by atoms with van der Waals surface area (Å²) >= 11 is 0. The van der Waals surface area contributed by atoms with Crippen molar-refractivity contribution >= 4 is 5.91 Å². The average molecular weight is 274 g/mol. The van der Waals surface area contributed by atoms with Crippen LogP contribution in [0.3, 0.4) is 0 Å². The van der Waals surface area contributed by atoms with E-state index >= 15 is 0 Å². The second-order valence-corrected chi connectivity index (χ2v) is 6.11. The number of amides is 1. The van der Waals surface area contributed by atoms with E-state index in [0.717, 1.165) is 25.8 Å². The molecule has 1 amide bonds. The molecule has 1 aromatic carbocycles. The lowest BCUT2D eigenvalue weighted by Crippen LogP contribution is -2.40. The first-order valence-corrected chi connectivity index (χ1v) is 7.66. The van der Waals surface area contributed by atoms with Crippen LogP contribution in [-0.2, 0) is 11.2 Å². The Bertz CT molecular complexity index is 450. The van der Waals surface area contributed by atoms with Gasteiger partial charge in [0, 0.05) is 13.0 Å². The van der Waals surface area contributed by atoms with Crippen molar-refractivity contribution in [2.45, 2.75) is 45.4 Å². The van der Waals surface area contributed by atoms with Crippen LogP contribution in [0.25, 0.3) is 0 Å². The van der Waals surface area contributed by atoms with Gasteiger partial charge in [0.25, 0.3) is 0 Å². The van der Waals surface area contributed by atoms with Crippen molar-refractivity contribution in [2.75, 3.05) is 13.1 Å². The van der Waals surface area contributed by atoms with Crippen molar-refractivity contribution in [3.05, 3.63) is 35.4 Å². The first kappa shape index (κ1) is 15.0. The highest BCUT2D eigenvalue weighted by molar-refractivity contribution is 5.76. The standard InChI is InChI=1S/C17H26N2O/c1-14-6-2-3-7-15(14)8-9-16(20)19-13-17(12-18)10-4-5-11-17/h2-3,6-7H,4-5,8-13,18H2,1H3,(H,19,20). The van der Waals surface area contributed by atoms with Crippen molar-refractivity contribution in [1.29, 1.82) is 0 Å². The molecule has 0 atom stereocenters. The van der Waals surface area contributed by atoms with E-state index < -0.39 is 0 Å². The van der Waals surface area contributed by atoms with Crippen LogP contribution in [0.1, 0.15) is 43.2 Å². The van der Waals surface area contributed by atoms with Crippen LogP contribution in [0, 0.1) is 12.3 Å². The summed E-state index contributed by atoms with van der Waals surface area (Å²) in [7, 11) is 0. The summed E-state index contributed by atoms with van der Waals surface area (Å²) in [5.41, 5.74) is 8.57. The molecule has 0 unspecified atom stereocenters. The quantitative estimate of drug-likeness (QED) is 0.837. The Kier molecular flexibility index (Phi) is 5.18. The maximum Gasteiger partial charge on any atom is 0.220 e.